The van der Waals surface area contributed by atoms with Crippen molar-refractivity contribution in [2.45, 2.75) is 45.2 Å². The Morgan fingerprint density at radius 1 is 1.67 bits per heavy atom. The molecular formula is C13H22N4O. The molecule has 1 aliphatic rings. The van der Waals surface area contributed by atoms with Gasteiger partial charge in [0.15, 0.2) is 0 Å². The zero-order valence-corrected chi connectivity index (χ0v) is 11.4. The van der Waals surface area contributed by atoms with Crippen LogP contribution in [0.25, 0.3) is 0 Å². The highest BCUT2D eigenvalue weighted by molar-refractivity contribution is 5.76. The average molecular weight is 250 g/mol. The number of hydrogen-bond donors (Lipinski definition) is 2. The van der Waals surface area contributed by atoms with Gasteiger partial charge in [0.25, 0.3) is 0 Å². The van der Waals surface area contributed by atoms with Crippen molar-refractivity contribution in [3.05, 3.63) is 18.2 Å². The Morgan fingerprint density at radius 2 is 2.44 bits per heavy atom. The van der Waals surface area contributed by atoms with Crippen molar-refractivity contribution in [3.63, 3.8) is 0 Å². The third kappa shape index (κ3) is 2.72. The molecule has 2 N–H and O–H groups in total. The van der Waals surface area contributed by atoms with Crippen molar-refractivity contribution in [3.8, 4) is 0 Å². The van der Waals surface area contributed by atoms with Crippen molar-refractivity contribution in [2.24, 2.45) is 0 Å². The summed E-state index contributed by atoms with van der Waals surface area (Å²) in [6.45, 7) is 8.48. The molecule has 0 radical (unpaired) electrons. The molecule has 5 nitrogen and oxygen atoms in total. The van der Waals surface area contributed by atoms with Crippen molar-refractivity contribution in [1.82, 2.24) is 20.2 Å². The SMILES string of the molecule is CC(C)NC(=O)Cn1cncc1C1(C)CCNC1. The molecule has 0 aliphatic carbocycles. The summed E-state index contributed by atoms with van der Waals surface area (Å²) in [4.78, 5) is 16.0. The Balaban J connectivity index is 2.10. The molecule has 1 saturated heterocycles. The summed E-state index contributed by atoms with van der Waals surface area (Å²) in [6.07, 6.45) is 4.72. The molecule has 100 valence electrons. The second-order valence-corrected chi connectivity index (χ2v) is 5.62. The van der Waals surface area contributed by atoms with Crippen LogP contribution in [0.5, 0.6) is 0 Å². The smallest absolute Gasteiger partial charge is 0.240 e. The van der Waals surface area contributed by atoms with Crippen molar-refractivity contribution >= 4 is 5.91 Å². The first-order valence-corrected chi connectivity index (χ1v) is 6.52. The number of imidazole rings is 1. The van der Waals surface area contributed by atoms with E-state index < -0.39 is 0 Å². The molecule has 1 atom stereocenters. The van der Waals surface area contributed by atoms with E-state index >= 15 is 0 Å². The molecule has 0 aromatic carbocycles. The molecule has 0 saturated carbocycles. The number of nitrogens with one attached hydrogen (secondary N) is 2. The van der Waals surface area contributed by atoms with E-state index in [0.717, 1.165) is 25.2 Å². The minimum absolute atomic E-state index is 0.0406. The Morgan fingerprint density at radius 3 is 3.06 bits per heavy atom. The maximum Gasteiger partial charge on any atom is 0.240 e. The van der Waals surface area contributed by atoms with E-state index in [1.807, 2.05) is 24.6 Å². The maximum atomic E-state index is 11.8. The number of aromatic nitrogens is 2. The third-order valence-corrected chi connectivity index (χ3v) is 3.46. The molecule has 5 heteroatoms. The molecule has 1 aromatic heterocycles. The lowest BCUT2D eigenvalue weighted by molar-refractivity contribution is -0.122. The summed E-state index contributed by atoms with van der Waals surface area (Å²) in [7, 11) is 0. The molecule has 0 bridgehead atoms. The molecule has 1 aliphatic heterocycles. The highest BCUT2D eigenvalue weighted by atomic mass is 16.2. The topological polar surface area (TPSA) is 59.0 Å². The molecule has 0 spiro atoms. The fourth-order valence-electron chi connectivity index (χ4n) is 2.51. The summed E-state index contributed by atoms with van der Waals surface area (Å²) >= 11 is 0. The molecule has 2 heterocycles. The van der Waals surface area contributed by atoms with Crippen LogP contribution in [0.4, 0.5) is 0 Å². The van der Waals surface area contributed by atoms with E-state index in [2.05, 4.69) is 22.5 Å². The highest BCUT2D eigenvalue weighted by Crippen LogP contribution is 2.29. The molecule has 1 aromatic rings. The van der Waals surface area contributed by atoms with Crippen molar-refractivity contribution in [1.29, 1.82) is 0 Å². The first-order valence-electron chi connectivity index (χ1n) is 6.52. The standard InChI is InChI=1S/C13H22N4O/c1-10(2)16-12(18)7-17-9-15-6-11(17)13(3)4-5-14-8-13/h6,9-10,14H,4-5,7-8H2,1-3H3,(H,16,18). The number of carbonyl (C=O) groups excluding carboxylic acids is 1. The lowest BCUT2D eigenvalue weighted by Crippen LogP contribution is -2.35. The van der Waals surface area contributed by atoms with E-state index in [1.54, 1.807) is 6.33 Å². The van der Waals surface area contributed by atoms with Crippen molar-refractivity contribution < 1.29 is 4.79 Å². The van der Waals surface area contributed by atoms with Crippen LogP contribution in [-0.2, 0) is 16.8 Å². The average Bonchev–Trinajstić information content (AvgIpc) is 2.86. The number of nitrogens with zero attached hydrogens (tertiary/aromatic N) is 2. The Bertz CT molecular complexity index is 418. The molecule has 1 unspecified atom stereocenters. The van der Waals surface area contributed by atoms with Gasteiger partial charge in [0.2, 0.25) is 5.91 Å². The normalized spacial score (nSPS) is 23.6. The van der Waals surface area contributed by atoms with Crippen LogP contribution in [0.3, 0.4) is 0 Å². The Kier molecular flexibility index (Phi) is 3.71. The first-order chi connectivity index (χ1) is 8.51. The van der Waals surface area contributed by atoms with Gasteiger partial charge < -0.3 is 15.2 Å². The predicted octanol–water partition coefficient (Wildman–Crippen LogP) is 0.659. The predicted molar refractivity (Wildman–Crippen MR) is 70.3 cm³/mol. The minimum Gasteiger partial charge on any atom is -0.352 e. The van der Waals surface area contributed by atoms with Gasteiger partial charge in [-0.2, -0.15) is 0 Å². The van der Waals surface area contributed by atoms with Gasteiger partial charge in [0.1, 0.15) is 6.54 Å². The number of carbonyl (C=O) groups is 1. The minimum atomic E-state index is 0.0406. The zero-order valence-electron chi connectivity index (χ0n) is 11.4. The van der Waals surface area contributed by atoms with E-state index in [1.165, 1.54) is 0 Å². The summed E-state index contributed by atoms with van der Waals surface area (Å²) < 4.78 is 1.96. The van der Waals surface area contributed by atoms with Crippen LogP contribution in [0.15, 0.2) is 12.5 Å². The van der Waals surface area contributed by atoms with Gasteiger partial charge >= 0.3 is 0 Å². The van der Waals surface area contributed by atoms with E-state index in [0.29, 0.717) is 6.54 Å². The van der Waals surface area contributed by atoms with Crippen LogP contribution in [0.1, 0.15) is 32.9 Å². The lowest BCUT2D eigenvalue weighted by atomic mass is 9.86. The van der Waals surface area contributed by atoms with Gasteiger partial charge in [0, 0.05) is 29.9 Å². The third-order valence-electron chi connectivity index (χ3n) is 3.46. The fourth-order valence-corrected chi connectivity index (χ4v) is 2.51. The van der Waals surface area contributed by atoms with Crippen LogP contribution in [0, 0.1) is 0 Å². The van der Waals surface area contributed by atoms with Crippen LogP contribution in [0.2, 0.25) is 0 Å². The number of rotatable bonds is 4. The summed E-state index contributed by atoms with van der Waals surface area (Å²) in [6, 6.07) is 0.174. The van der Waals surface area contributed by atoms with E-state index in [9.17, 15) is 4.79 Å². The molecule has 1 fully saturated rings. The fraction of sp³-hybridized carbons (Fsp3) is 0.692. The highest BCUT2D eigenvalue weighted by Gasteiger charge is 2.33. The molecule has 1 amide bonds. The molecular weight excluding hydrogens is 228 g/mol. The zero-order chi connectivity index (χ0) is 13.2. The second-order valence-electron chi connectivity index (χ2n) is 5.62. The summed E-state index contributed by atoms with van der Waals surface area (Å²) in [5.74, 6) is 0.0406. The second kappa shape index (κ2) is 5.10. The van der Waals surface area contributed by atoms with Gasteiger partial charge in [-0.1, -0.05) is 6.92 Å². The van der Waals surface area contributed by atoms with Crippen LogP contribution in [-0.4, -0.2) is 34.6 Å². The number of amides is 1. The van der Waals surface area contributed by atoms with Crippen LogP contribution >= 0.6 is 0 Å². The largest absolute Gasteiger partial charge is 0.352 e. The van der Waals surface area contributed by atoms with Gasteiger partial charge in [-0.05, 0) is 26.8 Å². The Labute approximate surface area is 108 Å². The van der Waals surface area contributed by atoms with Gasteiger partial charge in [-0.25, -0.2) is 4.98 Å². The van der Waals surface area contributed by atoms with Gasteiger partial charge in [-0.15, -0.1) is 0 Å². The molecule has 18 heavy (non-hydrogen) atoms. The van der Waals surface area contributed by atoms with Gasteiger partial charge in [-0.3, -0.25) is 4.79 Å². The monoisotopic (exact) mass is 250 g/mol. The maximum absolute atomic E-state index is 11.8. The quantitative estimate of drug-likeness (QED) is 0.825. The van der Waals surface area contributed by atoms with E-state index in [-0.39, 0.29) is 17.4 Å². The number of hydrogen-bond acceptors (Lipinski definition) is 3. The first kappa shape index (κ1) is 13.1. The van der Waals surface area contributed by atoms with Gasteiger partial charge in [0.05, 0.1) is 6.33 Å². The van der Waals surface area contributed by atoms with E-state index in [4.69, 9.17) is 0 Å². The van der Waals surface area contributed by atoms with Crippen molar-refractivity contribution in [2.75, 3.05) is 13.1 Å². The summed E-state index contributed by atoms with van der Waals surface area (Å²) in [5.41, 5.74) is 1.24. The Hall–Kier alpha value is -1.36. The summed E-state index contributed by atoms with van der Waals surface area (Å²) in [5, 5.41) is 6.28. The molecule has 2 rings (SSSR count). The lowest BCUT2D eigenvalue weighted by Gasteiger charge is -2.24. The van der Waals surface area contributed by atoms with Crippen LogP contribution < -0.4 is 10.6 Å².